The molecule has 5 heteroatoms. The Balaban J connectivity index is 0. The maximum Gasteiger partial charge on any atom is 4.00 e. The molecule has 0 heterocycles. The van der Waals surface area contributed by atoms with E-state index in [9.17, 15) is 0 Å². The third kappa shape index (κ3) is 18.7. The molecule has 2 radical (unpaired) electrons. The Morgan fingerprint density at radius 3 is 1.00 bits per heavy atom. The third-order valence-electron chi connectivity index (χ3n) is 0. The van der Waals surface area contributed by atoms with Crippen molar-refractivity contribution < 1.29 is 57.5 Å². The second kappa shape index (κ2) is 26.4. The first-order valence-electron chi connectivity index (χ1n) is 0. The van der Waals surface area contributed by atoms with Crippen LogP contribution in [0.3, 0.4) is 0 Å². The third-order valence-corrected chi connectivity index (χ3v) is 0. The van der Waals surface area contributed by atoms with Crippen LogP contribution in [0.4, 0.5) is 0 Å². The Hall–Kier alpha value is 3.36. The van der Waals surface area contributed by atoms with Crippen molar-refractivity contribution in [3.63, 3.8) is 0 Å². The fourth-order valence-electron chi connectivity index (χ4n) is 0. The molecule has 1 nitrogen and oxygen atoms in total. The summed E-state index contributed by atoms with van der Waals surface area (Å²) in [4.78, 5) is 0. The van der Waals surface area contributed by atoms with E-state index in [2.05, 4.69) is 0 Å². The van der Waals surface area contributed by atoms with E-state index in [1.165, 1.54) is 0 Å². The predicted octanol–water partition coefficient (Wildman–Crippen LogP) is -0.885. The average Bonchev–Trinajstić information content (AvgIpc) is 0. The quantitative estimate of drug-likeness (QED) is 0.373. The Kier molecular flexibility index (Phi) is 211. The van der Waals surface area contributed by atoms with E-state index in [1.807, 2.05) is 0 Å². The molecule has 0 unspecified atom stereocenters. The zero-order valence-corrected chi connectivity index (χ0v) is 13.5. The van der Waals surface area contributed by atoms with Gasteiger partial charge in [0.2, 0.25) is 0 Å². The van der Waals surface area contributed by atoms with Gasteiger partial charge in [0.1, 0.15) is 0 Å². The maximum atomic E-state index is 0. The predicted molar refractivity (Wildman–Crippen MR) is 12.2 cm³/mol. The van der Waals surface area contributed by atoms with Crippen LogP contribution < -0.4 is 0 Å². The first kappa shape index (κ1) is 40.1. The zero-order valence-electron chi connectivity index (χ0n) is 2.56. The van der Waals surface area contributed by atoms with Crippen LogP contribution in [0, 0.1) is 0 Å². The van der Waals surface area contributed by atoms with Gasteiger partial charge in [0, 0.05) is 0 Å². The van der Waals surface area contributed by atoms with Gasteiger partial charge in [0.25, 0.3) is 0 Å². The number of hydrogen-bond acceptors (Lipinski definition) is 0. The molecule has 0 N–H and O–H groups in total. The molecular weight excluding hydrogens is 519 g/mol. The molecule has 0 aromatic rings. The minimum absolute atomic E-state index is 0. The van der Waals surface area contributed by atoms with Crippen molar-refractivity contribution in [1.29, 1.82) is 0 Å². The molecule has 0 aromatic carbocycles. The fraction of sp³-hybridized carbons (Fsp3) is 0. The van der Waals surface area contributed by atoms with Crippen molar-refractivity contribution >= 4 is 49.3 Å². The molecule has 0 atom stereocenters. The molecule has 0 aliphatic heterocycles. The van der Waals surface area contributed by atoms with Gasteiger partial charge in [-0.25, -0.2) is 0 Å². The summed E-state index contributed by atoms with van der Waals surface area (Å²) in [6, 6.07) is 0. The van der Waals surface area contributed by atoms with Crippen molar-refractivity contribution in [2.45, 2.75) is 0 Å². The molecule has 0 rings (SSSR count). The van der Waals surface area contributed by atoms with Crippen LogP contribution in [0.5, 0.6) is 0 Å². The SMILES string of the molecule is [Bi+3].[Hf+4].[Mg+2].[O-2].[Zr+4]. The molecule has 10 valence electrons. The first-order valence-corrected chi connectivity index (χ1v) is 0. The van der Waals surface area contributed by atoms with Crippen LogP contribution in [-0.4, -0.2) is 49.3 Å². The molecular formula is BiHfMgOZr+11. The second-order valence-electron chi connectivity index (χ2n) is 0. The maximum absolute atomic E-state index is 0. The van der Waals surface area contributed by atoms with Gasteiger partial charge >= 0.3 is 101 Å². The molecule has 0 bridgehead atoms. The second-order valence-corrected chi connectivity index (χ2v) is 0. The van der Waals surface area contributed by atoms with E-state index in [0.717, 1.165) is 0 Å². The summed E-state index contributed by atoms with van der Waals surface area (Å²) in [5.41, 5.74) is 0. The van der Waals surface area contributed by atoms with Crippen LogP contribution in [0.25, 0.3) is 0 Å². The number of rotatable bonds is 0. The van der Waals surface area contributed by atoms with Gasteiger partial charge in [-0.3, -0.25) is 0 Å². The molecule has 0 aromatic heterocycles. The summed E-state index contributed by atoms with van der Waals surface area (Å²) in [6.07, 6.45) is 0. The number of hydrogen-bond donors (Lipinski definition) is 0. The van der Waals surface area contributed by atoms with Crippen molar-refractivity contribution in [2.75, 3.05) is 0 Å². The topological polar surface area (TPSA) is 28.5 Å². The van der Waals surface area contributed by atoms with Gasteiger partial charge in [-0.05, 0) is 0 Å². The van der Waals surface area contributed by atoms with E-state index in [1.54, 1.807) is 0 Å². The van der Waals surface area contributed by atoms with E-state index in [-0.39, 0.29) is 107 Å². The van der Waals surface area contributed by atoms with E-state index in [4.69, 9.17) is 0 Å². The first-order chi connectivity index (χ1) is 0. The van der Waals surface area contributed by atoms with Crippen LogP contribution in [0.2, 0.25) is 0 Å². The standard InChI is InChI=1S/Bi.Hf.Mg.O.Zr/q+3;+4;+2;-2;+4. The molecule has 0 spiro atoms. The van der Waals surface area contributed by atoms with Crippen molar-refractivity contribution in [3.8, 4) is 0 Å². The van der Waals surface area contributed by atoms with E-state index in [0.29, 0.717) is 0 Å². The summed E-state index contributed by atoms with van der Waals surface area (Å²) in [5, 5.41) is 0. The minimum atomic E-state index is 0. The summed E-state index contributed by atoms with van der Waals surface area (Å²) in [6.45, 7) is 0. The summed E-state index contributed by atoms with van der Waals surface area (Å²) in [5.74, 6) is 0. The van der Waals surface area contributed by atoms with Crippen LogP contribution in [-0.2, 0) is 57.5 Å². The molecule has 0 amide bonds. The summed E-state index contributed by atoms with van der Waals surface area (Å²) in [7, 11) is 0. The molecule has 0 aliphatic rings. The van der Waals surface area contributed by atoms with Crippen LogP contribution >= 0.6 is 0 Å². The van der Waals surface area contributed by atoms with Gasteiger partial charge in [0.05, 0.1) is 0 Å². The van der Waals surface area contributed by atoms with Crippen LogP contribution in [0.15, 0.2) is 0 Å². The van der Waals surface area contributed by atoms with Gasteiger partial charge < -0.3 is 5.48 Å². The van der Waals surface area contributed by atoms with E-state index >= 15 is 0 Å². The fourth-order valence-corrected chi connectivity index (χ4v) is 0. The Bertz CT molecular complexity index is 11.6. The van der Waals surface area contributed by atoms with Gasteiger partial charge in [-0.1, -0.05) is 0 Å². The van der Waals surface area contributed by atoms with E-state index < -0.39 is 0 Å². The summed E-state index contributed by atoms with van der Waals surface area (Å²) < 4.78 is 0. The molecule has 5 heavy (non-hydrogen) atoms. The Labute approximate surface area is 105 Å². The Morgan fingerprint density at radius 2 is 1.00 bits per heavy atom. The summed E-state index contributed by atoms with van der Waals surface area (Å²) >= 11 is 0. The van der Waals surface area contributed by atoms with Gasteiger partial charge in [0.15, 0.2) is 0 Å². The molecule has 0 aliphatic carbocycles. The monoisotopic (exact) mass is 519 g/mol. The van der Waals surface area contributed by atoms with Crippen molar-refractivity contribution in [3.05, 3.63) is 0 Å². The Morgan fingerprint density at radius 1 is 1.00 bits per heavy atom. The smallest absolute Gasteiger partial charge is 2.00 e. The minimum Gasteiger partial charge on any atom is -2.00 e. The zero-order chi connectivity index (χ0) is 0. The molecule has 0 fully saturated rings. The van der Waals surface area contributed by atoms with Crippen molar-refractivity contribution in [1.82, 2.24) is 0 Å². The average molecular weight is 519 g/mol. The normalized spacial score (nSPS) is 0. The van der Waals surface area contributed by atoms with Crippen molar-refractivity contribution in [2.24, 2.45) is 0 Å². The molecule has 0 saturated heterocycles. The molecule has 0 saturated carbocycles. The largest absolute Gasteiger partial charge is 4.00 e. The van der Waals surface area contributed by atoms with Gasteiger partial charge in [-0.2, -0.15) is 0 Å². The van der Waals surface area contributed by atoms with Crippen LogP contribution in [0.1, 0.15) is 0 Å². The van der Waals surface area contributed by atoms with Gasteiger partial charge in [-0.15, -0.1) is 0 Å².